The van der Waals surface area contributed by atoms with Gasteiger partial charge >= 0.3 is 0 Å². The number of carbonyl (C=O) groups excluding carboxylic acids is 1. The van der Waals surface area contributed by atoms with Crippen molar-refractivity contribution in [1.82, 2.24) is 20.1 Å². The Bertz CT molecular complexity index is 773. The molecule has 0 atom stereocenters. The van der Waals surface area contributed by atoms with Crippen molar-refractivity contribution in [3.63, 3.8) is 0 Å². The molecule has 1 fully saturated rings. The molecule has 0 aliphatic heterocycles. The van der Waals surface area contributed by atoms with Crippen LogP contribution in [-0.4, -0.2) is 53.8 Å². The molecule has 29 heavy (non-hydrogen) atoms. The zero-order valence-corrected chi connectivity index (χ0v) is 18.0. The summed E-state index contributed by atoms with van der Waals surface area (Å²) < 4.78 is 12.5. The summed E-state index contributed by atoms with van der Waals surface area (Å²) in [5.74, 6) is 2.02. The number of ether oxygens (including phenoxy) is 2. The number of thioether (sulfide) groups is 1. The summed E-state index contributed by atoms with van der Waals surface area (Å²) in [6, 6.07) is 8.28. The van der Waals surface area contributed by atoms with Gasteiger partial charge in [0.25, 0.3) is 0 Å². The Labute approximate surface area is 176 Å². The standard InChI is InChI=1S/C21H30N4O3S/c1-27-14-6-13-22-19(26)15-29-21-24-23-20(16-9-11-18(28-2)12-10-16)25(21)17-7-4-3-5-8-17/h9-12,17H,3-8,13-15H2,1-2H3,(H,22,26). The maximum atomic E-state index is 12.2. The third kappa shape index (κ3) is 5.96. The third-order valence-corrected chi connectivity index (χ3v) is 6.08. The number of rotatable bonds is 10. The van der Waals surface area contributed by atoms with E-state index >= 15 is 0 Å². The van der Waals surface area contributed by atoms with Gasteiger partial charge in [0.05, 0.1) is 12.9 Å². The molecule has 1 aliphatic rings. The minimum atomic E-state index is 0.00953. The van der Waals surface area contributed by atoms with Crippen LogP contribution in [0.4, 0.5) is 0 Å². The predicted octanol–water partition coefficient (Wildman–Crippen LogP) is 3.70. The molecule has 0 radical (unpaired) electrons. The minimum Gasteiger partial charge on any atom is -0.497 e. The van der Waals surface area contributed by atoms with Crippen molar-refractivity contribution in [3.05, 3.63) is 24.3 Å². The number of hydrogen-bond acceptors (Lipinski definition) is 6. The lowest BCUT2D eigenvalue weighted by Gasteiger charge is -2.25. The molecule has 0 bridgehead atoms. The fourth-order valence-electron chi connectivity index (χ4n) is 3.61. The molecule has 1 aliphatic carbocycles. The molecular weight excluding hydrogens is 388 g/mol. The molecule has 8 heteroatoms. The molecule has 158 valence electrons. The highest BCUT2D eigenvalue weighted by molar-refractivity contribution is 7.99. The highest BCUT2D eigenvalue weighted by Gasteiger charge is 2.24. The number of nitrogens with one attached hydrogen (secondary N) is 1. The van der Waals surface area contributed by atoms with Gasteiger partial charge in [-0.25, -0.2) is 0 Å². The van der Waals surface area contributed by atoms with E-state index in [1.54, 1.807) is 14.2 Å². The average molecular weight is 419 g/mol. The van der Waals surface area contributed by atoms with E-state index in [1.165, 1.54) is 31.0 Å². The van der Waals surface area contributed by atoms with Crippen LogP contribution in [0.1, 0.15) is 44.6 Å². The first-order valence-electron chi connectivity index (χ1n) is 10.2. The van der Waals surface area contributed by atoms with Gasteiger partial charge in [0.1, 0.15) is 5.75 Å². The van der Waals surface area contributed by atoms with E-state index in [0.29, 0.717) is 24.9 Å². The monoisotopic (exact) mass is 418 g/mol. The molecule has 1 aromatic heterocycles. The minimum absolute atomic E-state index is 0.00953. The molecule has 1 N–H and O–H groups in total. The van der Waals surface area contributed by atoms with E-state index in [1.807, 2.05) is 24.3 Å². The topological polar surface area (TPSA) is 78.3 Å². The smallest absolute Gasteiger partial charge is 0.230 e. The van der Waals surface area contributed by atoms with Crippen molar-refractivity contribution in [3.8, 4) is 17.1 Å². The van der Waals surface area contributed by atoms with Gasteiger partial charge in [0.15, 0.2) is 11.0 Å². The molecule has 1 saturated carbocycles. The first-order valence-corrected chi connectivity index (χ1v) is 11.2. The molecule has 1 amide bonds. The lowest BCUT2D eigenvalue weighted by Crippen LogP contribution is -2.27. The SMILES string of the molecule is COCCCNC(=O)CSc1nnc(-c2ccc(OC)cc2)n1C1CCCCC1. The number of amides is 1. The summed E-state index contributed by atoms with van der Waals surface area (Å²) in [6.07, 6.45) is 6.77. The summed E-state index contributed by atoms with van der Waals surface area (Å²) >= 11 is 1.46. The molecule has 3 rings (SSSR count). The molecule has 0 unspecified atom stereocenters. The van der Waals surface area contributed by atoms with E-state index in [-0.39, 0.29) is 5.91 Å². The van der Waals surface area contributed by atoms with Crippen LogP contribution in [0, 0.1) is 0 Å². The Morgan fingerprint density at radius 3 is 2.62 bits per heavy atom. The van der Waals surface area contributed by atoms with Crippen LogP contribution in [0.3, 0.4) is 0 Å². The van der Waals surface area contributed by atoms with E-state index in [0.717, 1.165) is 41.6 Å². The average Bonchev–Trinajstić information content (AvgIpc) is 3.20. The number of carbonyl (C=O) groups is 1. The number of nitrogens with zero attached hydrogens (tertiary/aromatic N) is 3. The largest absolute Gasteiger partial charge is 0.497 e. The Morgan fingerprint density at radius 2 is 1.93 bits per heavy atom. The van der Waals surface area contributed by atoms with Gasteiger partial charge in [-0.05, 0) is 43.5 Å². The van der Waals surface area contributed by atoms with Crippen LogP contribution in [0.25, 0.3) is 11.4 Å². The molecule has 1 heterocycles. The molecule has 1 aromatic carbocycles. The fourth-order valence-corrected chi connectivity index (χ4v) is 4.44. The van der Waals surface area contributed by atoms with Gasteiger partial charge in [-0.3, -0.25) is 9.36 Å². The molecular formula is C21H30N4O3S. The Morgan fingerprint density at radius 1 is 1.17 bits per heavy atom. The van der Waals surface area contributed by atoms with Crippen molar-refractivity contribution in [2.75, 3.05) is 33.1 Å². The van der Waals surface area contributed by atoms with Gasteiger partial charge in [0.2, 0.25) is 5.91 Å². The van der Waals surface area contributed by atoms with Gasteiger partial charge < -0.3 is 14.8 Å². The molecule has 0 saturated heterocycles. The van der Waals surface area contributed by atoms with E-state index in [4.69, 9.17) is 9.47 Å². The quantitative estimate of drug-likeness (QED) is 0.468. The fraction of sp³-hybridized carbons (Fsp3) is 0.571. The van der Waals surface area contributed by atoms with Crippen molar-refractivity contribution < 1.29 is 14.3 Å². The van der Waals surface area contributed by atoms with E-state index in [9.17, 15) is 4.79 Å². The zero-order chi connectivity index (χ0) is 20.5. The highest BCUT2D eigenvalue weighted by Crippen LogP contribution is 2.35. The number of aromatic nitrogens is 3. The van der Waals surface area contributed by atoms with Gasteiger partial charge in [-0.2, -0.15) is 0 Å². The number of hydrogen-bond donors (Lipinski definition) is 1. The highest BCUT2D eigenvalue weighted by atomic mass is 32.2. The van der Waals surface area contributed by atoms with Crippen molar-refractivity contribution in [1.29, 1.82) is 0 Å². The second kappa shape index (κ2) is 11.2. The molecule has 0 spiro atoms. The summed E-state index contributed by atoms with van der Waals surface area (Å²) in [7, 11) is 3.32. The summed E-state index contributed by atoms with van der Waals surface area (Å²) in [5, 5.41) is 12.7. The van der Waals surface area contributed by atoms with Crippen molar-refractivity contribution in [2.45, 2.75) is 49.7 Å². The Hall–Kier alpha value is -2.06. The second-order valence-corrected chi connectivity index (χ2v) is 8.12. The van der Waals surface area contributed by atoms with Crippen LogP contribution in [0.15, 0.2) is 29.4 Å². The number of benzene rings is 1. The third-order valence-electron chi connectivity index (χ3n) is 5.13. The first kappa shape index (κ1) is 21.6. The maximum Gasteiger partial charge on any atom is 0.230 e. The molecule has 7 nitrogen and oxygen atoms in total. The summed E-state index contributed by atoms with van der Waals surface area (Å²) in [4.78, 5) is 12.2. The van der Waals surface area contributed by atoms with Gasteiger partial charge in [-0.1, -0.05) is 31.0 Å². The van der Waals surface area contributed by atoms with Crippen LogP contribution in [0.5, 0.6) is 5.75 Å². The van der Waals surface area contributed by atoms with Crippen LogP contribution in [-0.2, 0) is 9.53 Å². The predicted molar refractivity (Wildman–Crippen MR) is 114 cm³/mol. The lowest BCUT2D eigenvalue weighted by atomic mass is 9.95. The lowest BCUT2D eigenvalue weighted by molar-refractivity contribution is -0.118. The van der Waals surface area contributed by atoms with Gasteiger partial charge in [-0.15, -0.1) is 10.2 Å². The summed E-state index contributed by atoms with van der Waals surface area (Å²) in [5.41, 5.74) is 1.01. The summed E-state index contributed by atoms with van der Waals surface area (Å²) in [6.45, 7) is 1.27. The van der Waals surface area contributed by atoms with E-state index < -0.39 is 0 Å². The normalized spacial score (nSPS) is 14.7. The van der Waals surface area contributed by atoms with Crippen molar-refractivity contribution >= 4 is 17.7 Å². The second-order valence-electron chi connectivity index (χ2n) is 7.18. The number of methoxy groups -OCH3 is 2. The Kier molecular flexibility index (Phi) is 8.37. The maximum absolute atomic E-state index is 12.2. The Balaban J connectivity index is 1.74. The zero-order valence-electron chi connectivity index (χ0n) is 17.2. The van der Waals surface area contributed by atoms with Gasteiger partial charge in [0, 0.05) is 31.9 Å². The first-order chi connectivity index (χ1) is 14.2. The van der Waals surface area contributed by atoms with E-state index in [2.05, 4.69) is 20.1 Å². The van der Waals surface area contributed by atoms with Crippen LogP contribution < -0.4 is 10.1 Å². The van der Waals surface area contributed by atoms with Crippen LogP contribution >= 0.6 is 11.8 Å². The van der Waals surface area contributed by atoms with Crippen LogP contribution in [0.2, 0.25) is 0 Å². The molecule has 2 aromatic rings. The van der Waals surface area contributed by atoms with Crippen molar-refractivity contribution in [2.24, 2.45) is 0 Å².